The van der Waals surface area contributed by atoms with E-state index in [2.05, 4.69) is 10.1 Å². The molecule has 0 fully saturated rings. The van der Waals surface area contributed by atoms with Gasteiger partial charge in [-0.25, -0.2) is 0 Å². The van der Waals surface area contributed by atoms with Crippen LogP contribution in [0.4, 0.5) is 0 Å². The molecule has 0 saturated carbocycles. The summed E-state index contributed by atoms with van der Waals surface area (Å²) in [4.78, 5) is 15.4. The molecule has 93 valence electrons. The molecule has 1 amide bonds. The molecule has 1 radical (unpaired) electrons. The second-order valence-electron chi connectivity index (χ2n) is 4.55. The molecule has 0 saturated heterocycles. The van der Waals surface area contributed by atoms with Crippen LogP contribution in [0.2, 0.25) is 0 Å². The summed E-state index contributed by atoms with van der Waals surface area (Å²) in [6, 6.07) is 9.42. The third kappa shape index (κ3) is 2.56. The van der Waals surface area contributed by atoms with E-state index >= 15 is 0 Å². The van der Waals surface area contributed by atoms with E-state index in [-0.39, 0.29) is 0 Å². The monoisotopic (exact) mass is 244 g/mol. The van der Waals surface area contributed by atoms with Crippen LogP contribution in [0.5, 0.6) is 0 Å². The molecule has 1 aromatic heterocycles. The van der Waals surface area contributed by atoms with Crippen molar-refractivity contribution in [2.24, 2.45) is 11.1 Å². The molecule has 0 bridgehead atoms. The van der Waals surface area contributed by atoms with Crippen LogP contribution in [-0.4, -0.2) is 16.0 Å². The van der Waals surface area contributed by atoms with Gasteiger partial charge in [-0.15, -0.1) is 0 Å². The molecule has 18 heavy (non-hydrogen) atoms. The number of aromatic nitrogens is 2. The molecule has 0 aliphatic carbocycles. The van der Waals surface area contributed by atoms with E-state index in [1.807, 2.05) is 30.3 Å². The number of nitrogens with zero attached hydrogens (tertiary/aromatic N) is 2. The van der Waals surface area contributed by atoms with Crippen LogP contribution in [0, 0.1) is 11.8 Å². The fourth-order valence-electron chi connectivity index (χ4n) is 1.39. The van der Waals surface area contributed by atoms with Gasteiger partial charge in [0, 0.05) is 12.0 Å². The lowest BCUT2D eigenvalue weighted by Gasteiger charge is -2.16. The molecule has 0 aliphatic rings. The average Bonchev–Trinajstić information content (AvgIpc) is 2.78. The van der Waals surface area contributed by atoms with Crippen molar-refractivity contribution in [1.82, 2.24) is 10.1 Å². The number of carbonyl (C=O) groups excluding carboxylic acids is 1. The summed E-state index contributed by atoms with van der Waals surface area (Å²) in [6.07, 6.45) is 1.59. The maximum atomic E-state index is 11.2. The maximum absolute atomic E-state index is 11.2. The minimum atomic E-state index is -0.808. The van der Waals surface area contributed by atoms with E-state index in [1.54, 1.807) is 20.3 Å². The second kappa shape index (κ2) is 4.60. The van der Waals surface area contributed by atoms with Gasteiger partial charge in [0.05, 0.1) is 5.41 Å². The smallest absolute Gasteiger partial charge is 0.257 e. The van der Waals surface area contributed by atoms with Gasteiger partial charge in [0.15, 0.2) is 5.82 Å². The molecule has 0 aliphatic heterocycles. The Hall–Kier alpha value is -2.17. The lowest BCUT2D eigenvalue weighted by Crippen LogP contribution is -2.32. The third-order valence-corrected chi connectivity index (χ3v) is 2.59. The Balaban J connectivity index is 2.19. The zero-order valence-corrected chi connectivity index (χ0v) is 10.3. The van der Waals surface area contributed by atoms with Gasteiger partial charge >= 0.3 is 0 Å². The minimum Gasteiger partial charge on any atom is -0.369 e. The van der Waals surface area contributed by atoms with Gasteiger partial charge in [-0.05, 0) is 12.1 Å². The van der Waals surface area contributed by atoms with E-state index in [1.165, 1.54) is 0 Å². The Bertz CT molecular complexity index is 546. The number of amides is 1. The Labute approximate surface area is 105 Å². The van der Waals surface area contributed by atoms with Gasteiger partial charge in [0.25, 0.3) is 5.89 Å². The summed E-state index contributed by atoms with van der Waals surface area (Å²) in [7, 11) is 0. The van der Waals surface area contributed by atoms with Gasteiger partial charge in [-0.3, -0.25) is 4.79 Å². The van der Waals surface area contributed by atoms with Crippen molar-refractivity contribution < 1.29 is 9.32 Å². The Morgan fingerprint density at radius 1 is 1.33 bits per heavy atom. The zero-order valence-electron chi connectivity index (χ0n) is 10.3. The van der Waals surface area contributed by atoms with Gasteiger partial charge in [0.1, 0.15) is 0 Å². The van der Waals surface area contributed by atoms with E-state index < -0.39 is 11.3 Å². The molecule has 2 rings (SSSR count). The maximum Gasteiger partial charge on any atom is 0.257 e. The van der Waals surface area contributed by atoms with Gasteiger partial charge < -0.3 is 10.3 Å². The molecule has 1 aromatic carbocycles. The van der Waals surface area contributed by atoms with Crippen molar-refractivity contribution in [2.45, 2.75) is 13.8 Å². The largest absolute Gasteiger partial charge is 0.369 e. The number of hydrogen-bond acceptors (Lipinski definition) is 4. The van der Waals surface area contributed by atoms with E-state index in [9.17, 15) is 4.79 Å². The van der Waals surface area contributed by atoms with Crippen molar-refractivity contribution in [3.63, 3.8) is 0 Å². The van der Waals surface area contributed by atoms with Crippen molar-refractivity contribution in [1.29, 1.82) is 0 Å². The van der Waals surface area contributed by atoms with Crippen molar-refractivity contribution >= 4 is 5.91 Å². The van der Waals surface area contributed by atoms with Crippen LogP contribution in [0.3, 0.4) is 0 Å². The van der Waals surface area contributed by atoms with E-state index in [0.717, 1.165) is 5.56 Å². The Morgan fingerprint density at radius 3 is 2.61 bits per heavy atom. The first-order valence-corrected chi connectivity index (χ1v) is 5.54. The second-order valence-corrected chi connectivity index (χ2v) is 4.55. The van der Waals surface area contributed by atoms with Gasteiger partial charge in [-0.2, -0.15) is 4.98 Å². The van der Waals surface area contributed by atoms with Gasteiger partial charge in [0.2, 0.25) is 5.91 Å². The summed E-state index contributed by atoms with van der Waals surface area (Å²) >= 11 is 0. The highest BCUT2D eigenvalue weighted by Crippen LogP contribution is 2.24. The van der Waals surface area contributed by atoms with Crippen LogP contribution >= 0.6 is 0 Å². The quantitative estimate of drug-likeness (QED) is 0.889. The topological polar surface area (TPSA) is 82.0 Å². The summed E-state index contributed by atoms with van der Waals surface area (Å²) in [6.45, 7) is 3.40. The molecule has 5 nitrogen and oxygen atoms in total. The van der Waals surface area contributed by atoms with Gasteiger partial charge in [-0.1, -0.05) is 37.2 Å². The van der Waals surface area contributed by atoms with Crippen LogP contribution in [-0.2, 0) is 4.79 Å². The lowest BCUT2D eigenvalue weighted by molar-refractivity contribution is -0.124. The Kier molecular flexibility index (Phi) is 3.14. The fraction of sp³-hybridized carbons (Fsp3) is 0.231. The van der Waals surface area contributed by atoms with Crippen LogP contribution in [0.25, 0.3) is 11.5 Å². The van der Waals surface area contributed by atoms with Crippen LogP contribution in [0.1, 0.15) is 19.7 Å². The molecule has 0 spiro atoms. The molecular weight excluding hydrogens is 230 g/mol. The number of benzene rings is 1. The first kappa shape index (κ1) is 12.3. The number of rotatable bonds is 4. The van der Waals surface area contributed by atoms with Crippen molar-refractivity contribution in [2.75, 3.05) is 0 Å². The first-order chi connectivity index (χ1) is 8.49. The standard InChI is InChI=1S/C13H14N3O2/c1-13(2,12(14)17)8-10-15-11(18-16-10)9-6-4-3-5-7-9/h3-8H,1-2H3,(H2,14,17). The summed E-state index contributed by atoms with van der Waals surface area (Å²) < 4.78 is 5.13. The predicted molar refractivity (Wildman–Crippen MR) is 66.1 cm³/mol. The SMILES string of the molecule is CC(C)([CH]c1noc(-c2ccccc2)n1)C(N)=O. The van der Waals surface area contributed by atoms with Crippen molar-refractivity contribution in [3.05, 3.63) is 42.6 Å². The zero-order chi connectivity index (χ0) is 13.2. The number of carbonyl (C=O) groups is 1. The van der Waals surface area contributed by atoms with Crippen molar-refractivity contribution in [3.8, 4) is 11.5 Å². The molecule has 1 heterocycles. The highest BCUT2D eigenvalue weighted by Gasteiger charge is 2.28. The average molecular weight is 244 g/mol. The molecule has 2 aromatic rings. The van der Waals surface area contributed by atoms with E-state index in [0.29, 0.717) is 11.7 Å². The molecular formula is C13H14N3O2. The predicted octanol–water partition coefficient (Wildman–Crippen LogP) is 1.80. The summed E-state index contributed by atoms with van der Waals surface area (Å²) in [5.41, 5.74) is 5.31. The first-order valence-electron chi connectivity index (χ1n) is 5.54. The molecule has 0 atom stereocenters. The Morgan fingerprint density at radius 2 is 2.00 bits per heavy atom. The highest BCUT2D eigenvalue weighted by molar-refractivity contribution is 5.81. The third-order valence-electron chi connectivity index (χ3n) is 2.59. The molecule has 2 N–H and O–H groups in total. The number of nitrogens with two attached hydrogens (primary N) is 1. The van der Waals surface area contributed by atoms with E-state index in [4.69, 9.17) is 10.3 Å². The summed E-state index contributed by atoms with van der Waals surface area (Å²) in [5.74, 6) is 0.341. The van der Waals surface area contributed by atoms with Crippen LogP contribution < -0.4 is 5.73 Å². The molecule has 0 unspecified atom stereocenters. The van der Waals surface area contributed by atoms with Crippen LogP contribution in [0.15, 0.2) is 34.9 Å². The summed E-state index contributed by atoms with van der Waals surface area (Å²) in [5, 5.41) is 3.81. The fourth-order valence-corrected chi connectivity index (χ4v) is 1.39. The highest BCUT2D eigenvalue weighted by atomic mass is 16.5. The number of hydrogen-bond donors (Lipinski definition) is 1. The number of primary amides is 1. The minimum absolute atomic E-state index is 0.359. The normalized spacial score (nSPS) is 11.4. The lowest BCUT2D eigenvalue weighted by atomic mass is 9.88. The molecule has 5 heteroatoms.